The molecule has 0 radical (unpaired) electrons. The van der Waals surface area contributed by atoms with E-state index in [1.54, 1.807) is 12.2 Å². The maximum absolute atomic E-state index is 11.5. The first-order valence-corrected chi connectivity index (χ1v) is 5.74. The molecule has 0 aromatic heterocycles. The molecule has 0 saturated carbocycles. The van der Waals surface area contributed by atoms with Gasteiger partial charge >= 0.3 is 0 Å². The molecule has 2 aliphatic rings. The van der Waals surface area contributed by atoms with Crippen LogP contribution >= 0.6 is 0 Å². The summed E-state index contributed by atoms with van der Waals surface area (Å²) in [6.07, 6.45) is 10.5. The lowest BCUT2D eigenvalue weighted by Gasteiger charge is -1.95. The third kappa shape index (κ3) is 2.64. The van der Waals surface area contributed by atoms with Crippen LogP contribution in [0.2, 0.25) is 0 Å². The van der Waals surface area contributed by atoms with Gasteiger partial charge in [-0.05, 0) is 44.4 Å². The van der Waals surface area contributed by atoms with Gasteiger partial charge in [-0.3, -0.25) is 4.79 Å². The van der Waals surface area contributed by atoms with E-state index in [0.717, 1.165) is 35.1 Å². The van der Waals surface area contributed by atoms with Crippen molar-refractivity contribution in [2.45, 2.75) is 26.7 Å². The molecular weight excluding hydrogens is 212 g/mol. The first-order valence-electron chi connectivity index (χ1n) is 5.74. The van der Waals surface area contributed by atoms with E-state index < -0.39 is 0 Å². The second-order valence-corrected chi connectivity index (χ2v) is 4.66. The number of aliphatic hydroxyl groups is 1. The summed E-state index contributed by atoms with van der Waals surface area (Å²) in [4.78, 5) is 11.5. The van der Waals surface area contributed by atoms with Gasteiger partial charge in [-0.1, -0.05) is 29.4 Å². The summed E-state index contributed by atoms with van der Waals surface area (Å²) < 4.78 is 0. The molecule has 2 nitrogen and oxygen atoms in total. The maximum atomic E-state index is 11.5. The van der Waals surface area contributed by atoms with E-state index in [-0.39, 0.29) is 5.78 Å². The number of carbonyl (C=O) groups excluding carboxylic acids is 1. The zero-order valence-corrected chi connectivity index (χ0v) is 10.2. The van der Waals surface area contributed by atoms with Gasteiger partial charge in [-0.25, -0.2) is 0 Å². The summed E-state index contributed by atoms with van der Waals surface area (Å²) in [6, 6.07) is 0. The highest BCUT2D eigenvalue weighted by Crippen LogP contribution is 2.25. The van der Waals surface area contributed by atoms with Gasteiger partial charge in [-0.15, -0.1) is 0 Å². The Morgan fingerprint density at radius 2 is 1.88 bits per heavy atom. The van der Waals surface area contributed by atoms with Crippen LogP contribution in [0.3, 0.4) is 0 Å². The molecule has 0 fully saturated rings. The van der Waals surface area contributed by atoms with E-state index in [2.05, 4.69) is 0 Å². The van der Waals surface area contributed by atoms with Crippen LogP contribution < -0.4 is 0 Å². The molecule has 0 atom stereocenters. The Balaban J connectivity index is 2.03. The summed E-state index contributed by atoms with van der Waals surface area (Å²) in [6.45, 7) is 3.95. The standard InChI is InChI=1S/C15H16O2/c1-10-6-12(14(16)8-10)4-3-5-13-7-11(2)9-15(13)17/h3-5,8-9,16H,6-7H2,1-2H3. The molecule has 0 heterocycles. The smallest absolute Gasteiger partial charge is 0.182 e. The summed E-state index contributed by atoms with van der Waals surface area (Å²) in [5.41, 5.74) is 4.00. The van der Waals surface area contributed by atoms with Gasteiger partial charge in [0, 0.05) is 5.57 Å². The van der Waals surface area contributed by atoms with Crippen LogP contribution in [0.4, 0.5) is 0 Å². The van der Waals surface area contributed by atoms with Crippen LogP contribution in [0, 0.1) is 0 Å². The lowest BCUT2D eigenvalue weighted by Crippen LogP contribution is -1.89. The zero-order valence-electron chi connectivity index (χ0n) is 10.2. The van der Waals surface area contributed by atoms with Crippen LogP contribution in [0.5, 0.6) is 0 Å². The molecule has 2 aliphatic carbocycles. The summed E-state index contributed by atoms with van der Waals surface area (Å²) in [5, 5.41) is 9.60. The molecule has 0 amide bonds. The Hall–Kier alpha value is -1.83. The largest absolute Gasteiger partial charge is 0.508 e. The molecular formula is C15H16O2. The lowest BCUT2D eigenvalue weighted by atomic mass is 10.1. The lowest BCUT2D eigenvalue weighted by molar-refractivity contribution is -0.111. The van der Waals surface area contributed by atoms with Crippen molar-refractivity contribution in [3.8, 4) is 0 Å². The van der Waals surface area contributed by atoms with Gasteiger partial charge in [0.25, 0.3) is 0 Å². The topological polar surface area (TPSA) is 37.3 Å². The quantitative estimate of drug-likeness (QED) is 0.734. The molecule has 17 heavy (non-hydrogen) atoms. The number of allylic oxidation sites excluding steroid dienone is 9. The number of aliphatic hydroxyl groups excluding tert-OH is 1. The Bertz CT molecular complexity index is 511. The van der Waals surface area contributed by atoms with Crippen LogP contribution in [-0.4, -0.2) is 10.9 Å². The minimum atomic E-state index is 0.103. The third-order valence-electron chi connectivity index (χ3n) is 2.94. The van der Waals surface area contributed by atoms with E-state index in [1.165, 1.54) is 0 Å². The average molecular weight is 228 g/mol. The zero-order chi connectivity index (χ0) is 12.4. The van der Waals surface area contributed by atoms with Crippen molar-refractivity contribution in [1.82, 2.24) is 0 Å². The van der Waals surface area contributed by atoms with Crippen LogP contribution in [0.25, 0.3) is 0 Å². The van der Waals surface area contributed by atoms with Crippen molar-refractivity contribution in [3.05, 3.63) is 58.4 Å². The van der Waals surface area contributed by atoms with Gasteiger partial charge in [0.05, 0.1) is 0 Å². The van der Waals surface area contributed by atoms with Gasteiger partial charge < -0.3 is 5.11 Å². The Kier molecular flexibility index (Phi) is 3.14. The summed E-state index contributed by atoms with van der Waals surface area (Å²) in [5.74, 6) is 0.440. The number of hydrogen-bond donors (Lipinski definition) is 1. The molecule has 2 rings (SSSR count). The number of carbonyl (C=O) groups is 1. The molecule has 0 saturated heterocycles. The van der Waals surface area contributed by atoms with E-state index >= 15 is 0 Å². The highest BCUT2D eigenvalue weighted by molar-refractivity contribution is 6.07. The van der Waals surface area contributed by atoms with Crippen molar-refractivity contribution < 1.29 is 9.90 Å². The monoisotopic (exact) mass is 228 g/mol. The molecule has 0 aromatic carbocycles. The fourth-order valence-corrected chi connectivity index (χ4v) is 2.09. The third-order valence-corrected chi connectivity index (χ3v) is 2.94. The number of rotatable bonds is 2. The van der Waals surface area contributed by atoms with Crippen molar-refractivity contribution in [3.63, 3.8) is 0 Å². The Labute approximate surface area is 101 Å². The van der Waals surface area contributed by atoms with Crippen LogP contribution in [0.15, 0.2) is 58.4 Å². The highest BCUT2D eigenvalue weighted by Gasteiger charge is 2.14. The second kappa shape index (κ2) is 4.58. The first-order chi connectivity index (χ1) is 8.06. The van der Waals surface area contributed by atoms with Gasteiger partial charge in [-0.2, -0.15) is 0 Å². The Morgan fingerprint density at radius 3 is 2.41 bits per heavy atom. The van der Waals surface area contributed by atoms with Crippen LogP contribution in [-0.2, 0) is 4.79 Å². The second-order valence-electron chi connectivity index (χ2n) is 4.66. The van der Waals surface area contributed by atoms with Crippen LogP contribution in [0.1, 0.15) is 26.7 Å². The van der Waals surface area contributed by atoms with Gasteiger partial charge in [0.2, 0.25) is 0 Å². The fraction of sp³-hybridized carbons (Fsp3) is 0.267. The molecule has 0 bridgehead atoms. The van der Waals surface area contributed by atoms with Crippen molar-refractivity contribution >= 4 is 5.78 Å². The molecule has 0 unspecified atom stereocenters. The molecule has 1 N–H and O–H groups in total. The molecule has 0 aliphatic heterocycles. The highest BCUT2D eigenvalue weighted by atomic mass is 16.3. The SMILES string of the molecule is CC1=CC(=O)C(=CC=CC2=C(O)C=C(C)C2)C1. The predicted octanol–water partition coefficient (Wildman–Crippen LogP) is 3.55. The minimum Gasteiger partial charge on any atom is -0.508 e. The number of hydrogen-bond acceptors (Lipinski definition) is 2. The minimum absolute atomic E-state index is 0.103. The van der Waals surface area contributed by atoms with Crippen molar-refractivity contribution in [1.29, 1.82) is 0 Å². The van der Waals surface area contributed by atoms with E-state index in [9.17, 15) is 9.90 Å². The van der Waals surface area contributed by atoms with E-state index in [0.29, 0.717) is 5.76 Å². The van der Waals surface area contributed by atoms with Gasteiger partial charge in [0.1, 0.15) is 5.76 Å². The molecule has 0 spiro atoms. The molecule has 0 aromatic rings. The molecule has 2 heteroatoms. The predicted molar refractivity (Wildman–Crippen MR) is 68.6 cm³/mol. The fourth-order valence-electron chi connectivity index (χ4n) is 2.09. The number of ketones is 1. The van der Waals surface area contributed by atoms with E-state index in [4.69, 9.17) is 0 Å². The normalized spacial score (nSPS) is 22.9. The van der Waals surface area contributed by atoms with E-state index in [1.807, 2.05) is 32.1 Å². The van der Waals surface area contributed by atoms with Crippen molar-refractivity contribution in [2.24, 2.45) is 0 Å². The Morgan fingerprint density at radius 1 is 1.18 bits per heavy atom. The molecule has 88 valence electrons. The van der Waals surface area contributed by atoms with Gasteiger partial charge in [0.15, 0.2) is 5.78 Å². The first kappa shape index (κ1) is 11.6. The summed E-state index contributed by atoms with van der Waals surface area (Å²) >= 11 is 0. The summed E-state index contributed by atoms with van der Waals surface area (Å²) in [7, 11) is 0. The van der Waals surface area contributed by atoms with Crippen molar-refractivity contribution in [2.75, 3.05) is 0 Å². The average Bonchev–Trinajstić information content (AvgIpc) is 2.71. The maximum Gasteiger partial charge on any atom is 0.182 e.